The molecule has 162 valence electrons. The van der Waals surface area contributed by atoms with Crippen LogP contribution in [0.15, 0.2) is 75.1 Å². The highest BCUT2D eigenvalue weighted by molar-refractivity contribution is 9.10. The third-order valence-corrected chi connectivity index (χ3v) is 5.97. The van der Waals surface area contributed by atoms with Gasteiger partial charge in [-0.3, -0.25) is 10.3 Å². The topological polar surface area (TPSA) is 75.1 Å². The van der Waals surface area contributed by atoms with Gasteiger partial charge < -0.3 is 4.84 Å². The van der Waals surface area contributed by atoms with Crippen LogP contribution in [-0.2, 0) is 4.84 Å². The van der Waals surface area contributed by atoms with Gasteiger partial charge in [0.2, 0.25) is 0 Å². The average molecular weight is 553 g/mol. The van der Waals surface area contributed by atoms with Gasteiger partial charge in [-0.2, -0.15) is 0 Å². The van der Waals surface area contributed by atoms with Gasteiger partial charge in [0.15, 0.2) is 5.84 Å². The number of carbonyl (C=O) groups is 1. The molecule has 32 heavy (non-hydrogen) atoms. The molecule has 0 fully saturated rings. The van der Waals surface area contributed by atoms with Crippen molar-refractivity contribution in [2.75, 3.05) is 11.9 Å². The van der Waals surface area contributed by atoms with Gasteiger partial charge in [0.05, 0.1) is 21.4 Å². The number of amides is 1. The van der Waals surface area contributed by atoms with Crippen LogP contribution >= 0.6 is 50.7 Å². The second-order valence-corrected chi connectivity index (χ2v) is 8.75. The number of fused-ring (bicyclic) bond motifs is 1. The number of hydroxylamine groups is 1. The molecule has 6 nitrogen and oxygen atoms in total. The minimum Gasteiger partial charge on any atom is -0.323 e. The predicted octanol–water partition coefficient (Wildman–Crippen LogP) is 7.04. The Bertz CT molecular complexity index is 1260. The number of carbonyl (C=O) groups excluding carboxylic acids is 1. The fraction of sp³-hybridized carbons (Fsp3) is 0.0455. The number of anilines is 1. The first-order valence-electron chi connectivity index (χ1n) is 9.26. The van der Waals surface area contributed by atoms with Crippen molar-refractivity contribution in [3.8, 4) is 0 Å². The van der Waals surface area contributed by atoms with Crippen LogP contribution in [0.25, 0.3) is 0 Å². The molecule has 0 saturated carbocycles. The lowest BCUT2D eigenvalue weighted by Crippen LogP contribution is -2.31. The minimum absolute atomic E-state index is 0.146. The predicted molar refractivity (Wildman–Crippen MR) is 133 cm³/mol. The van der Waals surface area contributed by atoms with Crippen molar-refractivity contribution in [1.82, 2.24) is 5.48 Å². The fourth-order valence-corrected chi connectivity index (χ4v) is 3.86. The van der Waals surface area contributed by atoms with E-state index in [0.717, 1.165) is 15.6 Å². The van der Waals surface area contributed by atoms with Gasteiger partial charge in [0.1, 0.15) is 6.54 Å². The van der Waals surface area contributed by atoms with E-state index in [1.807, 2.05) is 36.4 Å². The first-order chi connectivity index (χ1) is 15.4. The highest BCUT2D eigenvalue weighted by atomic mass is 79.9. The first kappa shape index (κ1) is 22.6. The molecule has 1 amide bonds. The number of amidine groups is 1. The molecule has 0 unspecified atom stereocenters. The molecule has 0 radical (unpaired) electrons. The normalized spacial score (nSPS) is 12.8. The summed E-state index contributed by atoms with van der Waals surface area (Å²) in [5.41, 5.74) is 5.93. The van der Waals surface area contributed by atoms with Crippen LogP contribution in [0.5, 0.6) is 0 Å². The fourth-order valence-electron chi connectivity index (χ4n) is 2.98. The summed E-state index contributed by atoms with van der Waals surface area (Å²) in [4.78, 5) is 26.5. The van der Waals surface area contributed by atoms with Crippen molar-refractivity contribution >= 4 is 79.7 Å². The van der Waals surface area contributed by atoms with Crippen LogP contribution in [0.3, 0.4) is 0 Å². The van der Waals surface area contributed by atoms with Crippen molar-refractivity contribution < 1.29 is 9.63 Å². The summed E-state index contributed by atoms with van der Waals surface area (Å²) in [7, 11) is 0. The molecule has 4 rings (SSSR count). The second kappa shape index (κ2) is 9.92. The van der Waals surface area contributed by atoms with E-state index in [0.29, 0.717) is 38.0 Å². The highest BCUT2D eigenvalue weighted by Crippen LogP contribution is 2.30. The minimum atomic E-state index is -0.748. The molecule has 3 aromatic carbocycles. The van der Waals surface area contributed by atoms with Crippen molar-refractivity contribution in [2.45, 2.75) is 0 Å². The Morgan fingerprint density at radius 1 is 0.938 bits per heavy atom. The number of nitrogens with zero attached hydrogens (tertiary/aromatic N) is 2. The van der Waals surface area contributed by atoms with E-state index in [9.17, 15) is 4.79 Å². The molecule has 1 heterocycles. The number of halogens is 4. The van der Waals surface area contributed by atoms with E-state index in [2.05, 4.69) is 36.7 Å². The van der Waals surface area contributed by atoms with Crippen LogP contribution in [0.2, 0.25) is 15.1 Å². The third kappa shape index (κ3) is 5.24. The number of hydrogen-bond acceptors (Lipinski definition) is 5. The Kier molecular flexibility index (Phi) is 7.01. The largest absolute Gasteiger partial charge is 0.435 e. The lowest BCUT2D eigenvalue weighted by Gasteiger charge is -2.10. The molecular formula is C22H14BrCl3N4O2. The molecule has 2 N–H and O–H groups in total. The van der Waals surface area contributed by atoms with Crippen LogP contribution in [0, 0.1) is 0 Å². The Labute approximate surface area is 207 Å². The van der Waals surface area contributed by atoms with Gasteiger partial charge in [-0.05, 0) is 42.5 Å². The van der Waals surface area contributed by atoms with Gasteiger partial charge in [-0.15, -0.1) is 0 Å². The zero-order chi connectivity index (χ0) is 22.7. The average Bonchev–Trinajstić information content (AvgIpc) is 2.94. The van der Waals surface area contributed by atoms with Crippen molar-refractivity contribution in [1.29, 1.82) is 0 Å². The summed E-state index contributed by atoms with van der Waals surface area (Å²) in [5, 5.41) is 3.83. The third-order valence-electron chi connectivity index (χ3n) is 4.41. The molecule has 0 aromatic heterocycles. The van der Waals surface area contributed by atoms with E-state index in [4.69, 9.17) is 39.6 Å². The number of rotatable bonds is 2. The molecule has 0 spiro atoms. The van der Waals surface area contributed by atoms with Crippen LogP contribution in [0.4, 0.5) is 16.2 Å². The zero-order valence-corrected chi connectivity index (χ0v) is 20.1. The molecule has 0 bridgehead atoms. The smallest absolute Gasteiger partial charge is 0.323 e. The number of nitrogens with one attached hydrogen (secondary N) is 2. The van der Waals surface area contributed by atoms with E-state index < -0.39 is 6.09 Å². The molecular weight excluding hydrogens is 539 g/mol. The second-order valence-electron chi connectivity index (χ2n) is 6.61. The van der Waals surface area contributed by atoms with E-state index >= 15 is 0 Å². The lowest BCUT2D eigenvalue weighted by molar-refractivity contribution is 0.134. The lowest BCUT2D eigenvalue weighted by atomic mass is 10.0. The molecule has 0 saturated heterocycles. The first-order valence-corrected chi connectivity index (χ1v) is 11.2. The monoisotopic (exact) mass is 550 g/mol. The van der Waals surface area contributed by atoms with Gasteiger partial charge in [0, 0.05) is 26.3 Å². The van der Waals surface area contributed by atoms with E-state index in [1.54, 1.807) is 18.2 Å². The van der Waals surface area contributed by atoms with Gasteiger partial charge in [0.25, 0.3) is 0 Å². The summed E-state index contributed by atoms with van der Waals surface area (Å²) in [6.45, 7) is 0.146. The summed E-state index contributed by atoms with van der Waals surface area (Å²) < 4.78 is 0.875. The van der Waals surface area contributed by atoms with Gasteiger partial charge >= 0.3 is 6.09 Å². The number of aliphatic imine (C=N–C) groups is 2. The standard InChI is InChI=1S/C22H14BrCl3N4O2/c23-12-5-8-19-15(9-12)21(14-3-1-2-4-16(14)24)27-11-20(29-19)30-32-22(31)28-13-6-7-17(25)18(26)10-13/h1-10H,11H2,(H,28,31)(H,29,30). The maximum Gasteiger partial charge on any atom is 0.435 e. The molecule has 0 atom stereocenters. The highest BCUT2D eigenvalue weighted by Gasteiger charge is 2.19. The Hall–Kier alpha value is -2.58. The molecule has 1 aliphatic heterocycles. The quantitative estimate of drug-likeness (QED) is 0.335. The summed E-state index contributed by atoms with van der Waals surface area (Å²) >= 11 is 21.8. The summed E-state index contributed by atoms with van der Waals surface area (Å²) in [6.07, 6.45) is -0.748. The number of hydrogen-bond donors (Lipinski definition) is 2. The van der Waals surface area contributed by atoms with E-state index in [-0.39, 0.29) is 6.54 Å². The zero-order valence-electron chi connectivity index (χ0n) is 16.2. The van der Waals surface area contributed by atoms with Gasteiger partial charge in [-0.25, -0.2) is 15.3 Å². The Morgan fingerprint density at radius 3 is 2.53 bits per heavy atom. The Morgan fingerprint density at radius 2 is 1.75 bits per heavy atom. The maximum atomic E-state index is 12.2. The molecule has 0 aliphatic carbocycles. The van der Waals surface area contributed by atoms with Crippen molar-refractivity contribution in [3.63, 3.8) is 0 Å². The molecule has 10 heteroatoms. The van der Waals surface area contributed by atoms with Gasteiger partial charge in [-0.1, -0.05) is 68.9 Å². The molecule has 1 aliphatic rings. The van der Waals surface area contributed by atoms with Crippen molar-refractivity contribution in [2.24, 2.45) is 9.98 Å². The SMILES string of the molecule is O=C(Nc1ccc(Cl)c(Cl)c1)ONC1=Nc2ccc(Br)cc2C(c2ccccc2Cl)=NC1. The summed E-state index contributed by atoms with van der Waals surface area (Å²) in [5.74, 6) is 0.347. The summed E-state index contributed by atoms with van der Waals surface area (Å²) in [6, 6.07) is 17.8. The molecule has 3 aromatic rings. The number of benzene rings is 3. The Balaban J connectivity index is 1.54. The maximum absolute atomic E-state index is 12.2. The van der Waals surface area contributed by atoms with Crippen molar-refractivity contribution in [3.05, 3.63) is 91.3 Å². The van der Waals surface area contributed by atoms with E-state index in [1.165, 1.54) is 6.07 Å². The van der Waals surface area contributed by atoms with Crippen LogP contribution in [-0.4, -0.2) is 24.2 Å². The van der Waals surface area contributed by atoms with Crippen LogP contribution in [0.1, 0.15) is 11.1 Å². The van der Waals surface area contributed by atoms with Crippen LogP contribution < -0.4 is 10.8 Å².